The fourth-order valence-electron chi connectivity index (χ4n) is 1.62. The highest BCUT2D eigenvalue weighted by Gasteiger charge is 2.19. The van der Waals surface area contributed by atoms with E-state index in [0.717, 1.165) is 5.56 Å². The number of ether oxygens (including phenoxy) is 2. The molecule has 1 aliphatic rings. The second-order valence-electron chi connectivity index (χ2n) is 3.47. The van der Waals surface area contributed by atoms with Gasteiger partial charge in [-0.3, -0.25) is 10.1 Å². The van der Waals surface area contributed by atoms with Crippen molar-refractivity contribution in [2.24, 2.45) is 0 Å². The van der Waals surface area contributed by atoms with Crippen molar-refractivity contribution in [3.63, 3.8) is 0 Å². The summed E-state index contributed by atoms with van der Waals surface area (Å²) in [5.74, 6) is 1.00. The summed E-state index contributed by atoms with van der Waals surface area (Å²) >= 11 is 0. The van der Waals surface area contributed by atoms with Gasteiger partial charge in [0, 0.05) is 4.92 Å². The van der Waals surface area contributed by atoms with Gasteiger partial charge < -0.3 is 9.47 Å². The van der Waals surface area contributed by atoms with E-state index >= 15 is 0 Å². The molecule has 0 radical (unpaired) electrons. The second-order valence-corrected chi connectivity index (χ2v) is 3.47. The minimum absolute atomic E-state index is 0.164. The van der Waals surface area contributed by atoms with Crippen LogP contribution < -0.4 is 9.47 Å². The zero-order valence-corrected chi connectivity index (χ0v) is 8.59. The molecule has 1 heterocycles. The Balaban J connectivity index is 2.25. The van der Waals surface area contributed by atoms with Crippen molar-refractivity contribution in [3.05, 3.63) is 46.5 Å². The highest BCUT2D eigenvalue weighted by Crippen LogP contribution is 2.34. The van der Waals surface area contributed by atoms with Crippen LogP contribution >= 0.6 is 0 Å². The van der Waals surface area contributed by atoms with E-state index in [9.17, 15) is 10.1 Å². The molecule has 0 saturated heterocycles. The highest BCUT2D eigenvalue weighted by molar-refractivity contribution is 5.46. The molecule has 1 aliphatic heterocycles. The van der Waals surface area contributed by atoms with Crippen LogP contribution in [0.2, 0.25) is 0 Å². The van der Waals surface area contributed by atoms with Crippen molar-refractivity contribution in [1.29, 1.82) is 0 Å². The van der Waals surface area contributed by atoms with Crippen molar-refractivity contribution in [3.8, 4) is 11.5 Å². The summed E-state index contributed by atoms with van der Waals surface area (Å²) in [5, 5.41) is 10.5. The number of hydrogen-bond donors (Lipinski definition) is 0. The molecule has 5 nitrogen and oxygen atoms in total. The zero-order valence-electron chi connectivity index (χ0n) is 8.59. The van der Waals surface area contributed by atoms with Gasteiger partial charge >= 0.3 is 0 Å². The molecular formula is C11H11NO4. The molecule has 2 rings (SSSR count). The molecular weight excluding hydrogens is 210 g/mol. The van der Waals surface area contributed by atoms with Gasteiger partial charge in [0.15, 0.2) is 11.5 Å². The summed E-state index contributed by atoms with van der Waals surface area (Å²) in [7, 11) is 0. The van der Waals surface area contributed by atoms with E-state index in [-0.39, 0.29) is 24.2 Å². The Kier molecular flexibility index (Phi) is 2.76. The molecule has 84 valence electrons. The normalized spacial score (nSPS) is 14.5. The largest absolute Gasteiger partial charge is 0.454 e. The number of benzene rings is 1. The van der Waals surface area contributed by atoms with E-state index in [1.807, 2.05) is 0 Å². The maximum atomic E-state index is 10.5. The Bertz CT molecular complexity index is 430. The molecule has 0 N–H and O–H groups in total. The smallest absolute Gasteiger partial charge is 0.231 e. The van der Waals surface area contributed by atoms with E-state index in [0.29, 0.717) is 11.5 Å². The van der Waals surface area contributed by atoms with E-state index in [1.54, 1.807) is 24.3 Å². The molecule has 1 aromatic carbocycles. The third-order valence-electron chi connectivity index (χ3n) is 2.46. The zero-order chi connectivity index (χ0) is 11.5. The summed E-state index contributed by atoms with van der Waals surface area (Å²) in [6, 6.07) is 5.32. The summed E-state index contributed by atoms with van der Waals surface area (Å²) in [6.45, 7) is 3.65. The summed E-state index contributed by atoms with van der Waals surface area (Å²) in [5.41, 5.74) is 0.816. The third kappa shape index (κ3) is 1.98. The van der Waals surface area contributed by atoms with Crippen LogP contribution in [-0.2, 0) is 0 Å². The molecule has 16 heavy (non-hydrogen) atoms. The molecule has 1 atom stereocenters. The monoisotopic (exact) mass is 221 g/mol. The van der Waals surface area contributed by atoms with Gasteiger partial charge in [0.25, 0.3) is 0 Å². The van der Waals surface area contributed by atoms with Gasteiger partial charge in [-0.25, -0.2) is 0 Å². The topological polar surface area (TPSA) is 61.6 Å². The molecule has 0 spiro atoms. The van der Waals surface area contributed by atoms with E-state index in [4.69, 9.17) is 9.47 Å². The number of nitro groups is 1. The third-order valence-corrected chi connectivity index (χ3v) is 2.46. The lowest BCUT2D eigenvalue weighted by atomic mass is 9.99. The van der Waals surface area contributed by atoms with Gasteiger partial charge in [-0.05, 0) is 17.7 Å². The Morgan fingerprint density at radius 2 is 2.25 bits per heavy atom. The van der Waals surface area contributed by atoms with Gasteiger partial charge in [-0.15, -0.1) is 6.58 Å². The van der Waals surface area contributed by atoms with Gasteiger partial charge in [0.05, 0.1) is 5.92 Å². The summed E-state index contributed by atoms with van der Waals surface area (Å²) < 4.78 is 10.4. The first kappa shape index (κ1) is 10.5. The predicted octanol–water partition coefficient (Wildman–Crippen LogP) is 1.96. The van der Waals surface area contributed by atoms with Crippen molar-refractivity contribution in [1.82, 2.24) is 0 Å². The molecule has 5 heteroatoms. The number of rotatable bonds is 4. The number of fused-ring (bicyclic) bond motifs is 1. The Morgan fingerprint density at radius 3 is 2.94 bits per heavy atom. The van der Waals surface area contributed by atoms with Gasteiger partial charge in [-0.1, -0.05) is 12.1 Å². The molecule has 0 unspecified atom stereocenters. The maximum Gasteiger partial charge on any atom is 0.231 e. The van der Waals surface area contributed by atoms with Crippen LogP contribution in [0.25, 0.3) is 0 Å². The van der Waals surface area contributed by atoms with Crippen molar-refractivity contribution in [2.45, 2.75) is 5.92 Å². The van der Waals surface area contributed by atoms with Crippen LogP contribution in [0.5, 0.6) is 11.5 Å². The maximum absolute atomic E-state index is 10.5. The molecule has 0 fully saturated rings. The number of hydrogen-bond acceptors (Lipinski definition) is 4. The van der Waals surface area contributed by atoms with Crippen LogP contribution in [0.1, 0.15) is 11.5 Å². The van der Waals surface area contributed by atoms with Crippen LogP contribution in [0.3, 0.4) is 0 Å². The Hall–Kier alpha value is -2.04. The Morgan fingerprint density at radius 1 is 1.50 bits per heavy atom. The van der Waals surface area contributed by atoms with Crippen LogP contribution in [-0.4, -0.2) is 18.3 Å². The predicted molar refractivity (Wildman–Crippen MR) is 57.4 cm³/mol. The van der Waals surface area contributed by atoms with Gasteiger partial charge in [0.1, 0.15) is 0 Å². The van der Waals surface area contributed by atoms with Crippen LogP contribution in [0.4, 0.5) is 0 Å². The Labute approximate surface area is 92.4 Å². The molecule has 1 aromatic rings. The van der Waals surface area contributed by atoms with E-state index < -0.39 is 0 Å². The lowest BCUT2D eigenvalue weighted by molar-refractivity contribution is -0.481. The average Bonchev–Trinajstić information content (AvgIpc) is 2.72. The standard InChI is InChI=1S/C11H11NO4/c1-2-8(6-12(13)14)9-3-4-10-11(5-9)16-7-15-10/h2-5,8H,1,6-7H2/t8-/m0/s1. The summed E-state index contributed by atoms with van der Waals surface area (Å²) in [6.07, 6.45) is 1.57. The SMILES string of the molecule is C=C[C@@H](C[N+](=O)[O-])c1ccc2c(c1)OCO2. The second kappa shape index (κ2) is 4.22. The van der Waals surface area contributed by atoms with Crippen LogP contribution in [0, 0.1) is 10.1 Å². The minimum atomic E-state index is -0.350. The fraction of sp³-hybridized carbons (Fsp3) is 0.273. The fourth-order valence-corrected chi connectivity index (χ4v) is 1.62. The van der Waals surface area contributed by atoms with Crippen molar-refractivity contribution in [2.75, 3.05) is 13.3 Å². The molecule has 0 bridgehead atoms. The van der Waals surface area contributed by atoms with Crippen LogP contribution in [0.15, 0.2) is 30.9 Å². The number of nitrogens with zero attached hydrogens (tertiary/aromatic N) is 1. The lowest BCUT2D eigenvalue weighted by Gasteiger charge is -2.08. The summed E-state index contributed by atoms with van der Waals surface area (Å²) in [4.78, 5) is 10.1. The average molecular weight is 221 g/mol. The molecule has 0 saturated carbocycles. The van der Waals surface area contributed by atoms with Gasteiger partial charge in [0.2, 0.25) is 13.3 Å². The lowest BCUT2D eigenvalue weighted by Crippen LogP contribution is -2.10. The van der Waals surface area contributed by atoms with E-state index in [1.165, 1.54) is 0 Å². The van der Waals surface area contributed by atoms with E-state index in [2.05, 4.69) is 6.58 Å². The van der Waals surface area contributed by atoms with Crippen molar-refractivity contribution < 1.29 is 14.4 Å². The first-order valence-electron chi connectivity index (χ1n) is 4.84. The molecule has 0 aromatic heterocycles. The quantitative estimate of drug-likeness (QED) is 0.443. The molecule has 0 aliphatic carbocycles. The molecule has 0 amide bonds. The van der Waals surface area contributed by atoms with Crippen molar-refractivity contribution >= 4 is 0 Å². The minimum Gasteiger partial charge on any atom is -0.454 e. The highest BCUT2D eigenvalue weighted by atomic mass is 16.7. The first-order valence-corrected chi connectivity index (χ1v) is 4.84. The van der Waals surface area contributed by atoms with Gasteiger partial charge in [-0.2, -0.15) is 0 Å². The first-order chi connectivity index (χ1) is 7.70.